The normalized spacial score (nSPS) is 21.9. The fourth-order valence-corrected chi connectivity index (χ4v) is 1.94. The van der Waals surface area contributed by atoms with Gasteiger partial charge in [-0.2, -0.15) is 0 Å². The molecule has 0 aromatic carbocycles. The van der Waals surface area contributed by atoms with Gasteiger partial charge in [0.15, 0.2) is 0 Å². The van der Waals surface area contributed by atoms with Gasteiger partial charge in [-0.05, 0) is 31.6 Å². The van der Waals surface area contributed by atoms with Crippen molar-refractivity contribution in [2.24, 2.45) is 17.8 Å². The van der Waals surface area contributed by atoms with Gasteiger partial charge in [-0.15, -0.1) is 0 Å². The van der Waals surface area contributed by atoms with Gasteiger partial charge in [0.2, 0.25) is 0 Å². The third kappa shape index (κ3) is 8.12. The molecule has 0 atom stereocenters. The summed E-state index contributed by atoms with van der Waals surface area (Å²) in [5.41, 5.74) is 0. The standard InChI is InChI=1S/C12H20O4.C2H6O2/c1-8(2)7-16-12(15)10-5-3-9(4-6-10)11(13)14;3-1-2-4/h8-10H,3-7H2,1-2H3,(H,13,14);3-4H,1-2H2. The number of carbonyl (C=O) groups is 2. The average molecular weight is 290 g/mol. The first kappa shape index (κ1) is 18.9. The second kappa shape index (κ2) is 10.6. The fourth-order valence-electron chi connectivity index (χ4n) is 1.94. The third-order valence-electron chi connectivity index (χ3n) is 3.07. The van der Waals surface area contributed by atoms with Gasteiger partial charge in [0.1, 0.15) is 0 Å². The van der Waals surface area contributed by atoms with Crippen LogP contribution < -0.4 is 0 Å². The Morgan fingerprint density at radius 3 is 1.85 bits per heavy atom. The first-order valence-electron chi connectivity index (χ1n) is 7.03. The van der Waals surface area contributed by atoms with Crippen molar-refractivity contribution < 1.29 is 29.6 Å². The Bertz CT molecular complexity index is 279. The number of aliphatic hydroxyl groups excluding tert-OH is 2. The number of hydrogen-bond acceptors (Lipinski definition) is 5. The molecule has 0 spiro atoms. The van der Waals surface area contributed by atoms with E-state index in [2.05, 4.69) is 0 Å². The molecule has 1 aliphatic rings. The molecule has 0 aromatic rings. The molecule has 0 radical (unpaired) electrons. The van der Waals surface area contributed by atoms with Gasteiger partial charge in [0.25, 0.3) is 0 Å². The second-order valence-electron chi connectivity index (χ2n) is 5.36. The van der Waals surface area contributed by atoms with Crippen molar-refractivity contribution in [2.45, 2.75) is 39.5 Å². The maximum atomic E-state index is 11.6. The Morgan fingerprint density at radius 1 is 1.05 bits per heavy atom. The minimum Gasteiger partial charge on any atom is -0.481 e. The van der Waals surface area contributed by atoms with E-state index >= 15 is 0 Å². The van der Waals surface area contributed by atoms with E-state index in [1.807, 2.05) is 13.8 Å². The molecule has 118 valence electrons. The lowest BCUT2D eigenvalue weighted by Crippen LogP contribution is -2.27. The molecule has 6 nitrogen and oxygen atoms in total. The SMILES string of the molecule is CC(C)COC(=O)C1CCC(C(=O)O)CC1.OCCO. The molecule has 1 rings (SSSR count). The van der Waals surface area contributed by atoms with Crippen LogP contribution >= 0.6 is 0 Å². The van der Waals surface area contributed by atoms with E-state index in [1.54, 1.807) is 0 Å². The van der Waals surface area contributed by atoms with Gasteiger partial charge in [0.05, 0.1) is 31.7 Å². The topological polar surface area (TPSA) is 104 Å². The Labute approximate surface area is 119 Å². The van der Waals surface area contributed by atoms with E-state index in [4.69, 9.17) is 20.1 Å². The maximum Gasteiger partial charge on any atom is 0.308 e. The van der Waals surface area contributed by atoms with Crippen molar-refractivity contribution in [1.29, 1.82) is 0 Å². The van der Waals surface area contributed by atoms with Crippen LogP contribution in [0.4, 0.5) is 0 Å². The van der Waals surface area contributed by atoms with Crippen LogP contribution in [-0.4, -0.2) is 47.1 Å². The quantitative estimate of drug-likeness (QED) is 0.654. The predicted molar refractivity (Wildman–Crippen MR) is 73.1 cm³/mol. The molecule has 0 aliphatic heterocycles. The summed E-state index contributed by atoms with van der Waals surface area (Å²) in [5.74, 6) is -0.908. The van der Waals surface area contributed by atoms with Gasteiger partial charge in [-0.1, -0.05) is 13.8 Å². The number of aliphatic hydroxyl groups is 2. The molecule has 0 amide bonds. The molecule has 3 N–H and O–H groups in total. The predicted octanol–water partition coefficient (Wildman–Crippen LogP) is 1.05. The molecule has 6 heteroatoms. The molecule has 0 aromatic heterocycles. The summed E-state index contributed by atoms with van der Waals surface area (Å²) >= 11 is 0. The van der Waals surface area contributed by atoms with E-state index < -0.39 is 5.97 Å². The highest BCUT2D eigenvalue weighted by molar-refractivity contribution is 5.74. The van der Waals surface area contributed by atoms with Crippen molar-refractivity contribution in [3.8, 4) is 0 Å². The molecule has 0 saturated heterocycles. The molecule has 1 fully saturated rings. The van der Waals surface area contributed by atoms with E-state index in [0.29, 0.717) is 38.2 Å². The van der Waals surface area contributed by atoms with Gasteiger partial charge in [-0.3, -0.25) is 9.59 Å². The molecule has 0 heterocycles. The van der Waals surface area contributed by atoms with Crippen molar-refractivity contribution in [1.82, 2.24) is 0 Å². The number of carboxylic acid groups (broad SMARTS) is 1. The van der Waals surface area contributed by atoms with Crippen molar-refractivity contribution in [3.05, 3.63) is 0 Å². The zero-order chi connectivity index (χ0) is 15.5. The fraction of sp³-hybridized carbons (Fsp3) is 0.857. The maximum absolute atomic E-state index is 11.6. The minimum absolute atomic E-state index is 0.0886. The zero-order valence-electron chi connectivity index (χ0n) is 12.2. The number of aliphatic carboxylic acids is 1. The molecule has 20 heavy (non-hydrogen) atoms. The van der Waals surface area contributed by atoms with Crippen LogP contribution in [0.2, 0.25) is 0 Å². The summed E-state index contributed by atoms with van der Waals surface area (Å²) in [4.78, 5) is 22.3. The first-order valence-corrected chi connectivity index (χ1v) is 7.03. The summed E-state index contributed by atoms with van der Waals surface area (Å²) in [6.45, 7) is 4.20. The summed E-state index contributed by atoms with van der Waals surface area (Å²) in [6.07, 6.45) is 2.48. The van der Waals surface area contributed by atoms with E-state index in [-0.39, 0.29) is 31.0 Å². The lowest BCUT2D eigenvalue weighted by molar-refractivity contribution is -0.153. The van der Waals surface area contributed by atoms with Crippen molar-refractivity contribution in [3.63, 3.8) is 0 Å². The highest BCUT2D eigenvalue weighted by Gasteiger charge is 2.30. The van der Waals surface area contributed by atoms with Gasteiger partial charge in [-0.25, -0.2) is 0 Å². The third-order valence-corrected chi connectivity index (χ3v) is 3.07. The van der Waals surface area contributed by atoms with Crippen LogP contribution in [0, 0.1) is 17.8 Å². The monoisotopic (exact) mass is 290 g/mol. The largest absolute Gasteiger partial charge is 0.481 e. The Balaban J connectivity index is 0.000000796. The molecular weight excluding hydrogens is 264 g/mol. The number of esters is 1. The molecule has 1 saturated carbocycles. The van der Waals surface area contributed by atoms with E-state index in [9.17, 15) is 9.59 Å². The highest BCUT2D eigenvalue weighted by atomic mass is 16.5. The lowest BCUT2D eigenvalue weighted by atomic mass is 9.82. The summed E-state index contributed by atoms with van der Waals surface area (Å²) in [7, 11) is 0. The van der Waals surface area contributed by atoms with Crippen molar-refractivity contribution in [2.75, 3.05) is 19.8 Å². The summed E-state index contributed by atoms with van der Waals surface area (Å²) in [5, 5.41) is 24.1. The average Bonchev–Trinajstić information content (AvgIpc) is 2.45. The minimum atomic E-state index is -0.742. The molecular formula is C14H26O6. The van der Waals surface area contributed by atoms with Gasteiger partial charge in [0, 0.05) is 0 Å². The smallest absolute Gasteiger partial charge is 0.308 e. The Kier molecular flexibility index (Phi) is 10.0. The molecule has 0 bridgehead atoms. The van der Waals surface area contributed by atoms with Gasteiger partial charge < -0.3 is 20.1 Å². The van der Waals surface area contributed by atoms with Crippen LogP contribution in [0.1, 0.15) is 39.5 Å². The van der Waals surface area contributed by atoms with Crippen LogP contribution in [0.3, 0.4) is 0 Å². The van der Waals surface area contributed by atoms with Crippen LogP contribution in [0.15, 0.2) is 0 Å². The van der Waals surface area contributed by atoms with Crippen molar-refractivity contribution >= 4 is 11.9 Å². The van der Waals surface area contributed by atoms with Crippen LogP contribution in [0.5, 0.6) is 0 Å². The number of hydrogen-bond donors (Lipinski definition) is 3. The lowest BCUT2D eigenvalue weighted by Gasteiger charge is -2.24. The summed E-state index contributed by atoms with van der Waals surface area (Å²) < 4.78 is 5.15. The van der Waals surface area contributed by atoms with E-state index in [0.717, 1.165) is 0 Å². The summed E-state index contributed by atoms with van der Waals surface area (Å²) in [6, 6.07) is 0. The number of carboxylic acids is 1. The van der Waals surface area contributed by atoms with Gasteiger partial charge >= 0.3 is 11.9 Å². The molecule has 0 unspecified atom stereocenters. The number of carbonyl (C=O) groups excluding carboxylic acids is 1. The van der Waals surface area contributed by atoms with Crippen LogP contribution in [0.25, 0.3) is 0 Å². The highest BCUT2D eigenvalue weighted by Crippen LogP contribution is 2.29. The van der Waals surface area contributed by atoms with Crippen LogP contribution in [-0.2, 0) is 14.3 Å². The Hall–Kier alpha value is -1.14. The number of rotatable bonds is 5. The zero-order valence-corrected chi connectivity index (χ0v) is 12.2. The Morgan fingerprint density at radius 2 is 1.50 bits per heavy atom. The van der Waals surface area contributed by atoms with E-state index in [1.165, 1.54) is 0 Å². The second-order valence-corrected chi connectivity index (χ2v) is 5.36. The first-order chi connectivity index (χ1) is 9.42. The molecule has 1 aliphatic carbocycles. The number of ether oxygens (including phenoxy) is 1.